The first-order valence-corrected chi connectivity index (χ1v) is 4.47. The number of hydrogen-bond donors (Lipinski definition) is 0. The Bertz CT molecular complexity index is 95.1. The standard InChI is InChI=1S/C6H10BrClO/c1-2-3-5(4-7)6(8)9/h5H,2-4H2,1H3. The van der Waals surface area contributed by atoms with Crippen LogP contribution in [0.2, 0.25) is 0 Å². The summed E-state index contributed by atoms with van der Waals surface area (Å²) in [6, 6.07) is 0. The van der Waals surface area contributed by atoms with Crippen LogP contribution in [0.5, 0.6) is 0 Å². The van der Waals surface area contributed by atoms with E-state index in [1.54, 1.807) is 0 Å². The summed E-state index contributed by atoms with van der Waals surface area (Å²) in [5, 5.41) is 0.456. The zero-order valence-electron chi connectivity index (χ0n) is 5.36. The maximum Gasteiger partial charge on any atom is 0.225 e. The molecule has 0 aliphatic heterocycles. The lowest BCUT2D eigenvalue weighted by molar-refractivity contribution is -0.114. The van der Waals surface area contributed by atoms with Gasteiger partial charge in [0.1, 0.15) is 0 Å². The predicted molar refractivity (Wildman–Crippen MR) is 43.1 cm³/mol. The minimum absolute atomic E-state index is 0.0108. The molecule has 9 heavy (non-hydrogen) atoms. The second-order valence-corrected chi connectivity index (χ2v) is 2.96. The zero-order valence-corrected chi connectivity index (χ0v) is 7.70. The van der Waals surface area contributed by atoms with Crippen molar-refractivity contribution in [1.29, 1.82) is 0 Å². The van der Waals surface area contributed by atoms with Gasteiger partial charge in [0.2, 0.25) is 5.24 Å². The molecule has 0 amide bonds. The van der Waals surface area contributed by atoms with Gasteiger partial charge in [-0.2, -0.15) is 0 Å². The van der Waals surface area contributed by atoms with Gasteiger partial charge in [-0.15, -0.1) is 0 Å². The van der Waals surface area contributed by atoms with Gasteiger partial charge < -0.3 is 0 Å². The van der Waals surface area contributed by atoms with Crippen LogP contribution in [-0.4, -0.2) is 10.6 Å². The molecule has 0 aromatic carbocycles. The second kappa shape index (κ2) is 5.24. The molecule has 0 saturated heterocycles. The predicted octanol–water partition coefficient (Wildman–Crippen LogP) is 2.56. The van der Waals surface area contributed by atoms with E-state index in [2.05, 4.69) is 15.9 Å². The molecule has 54 valence electrons. The Kier molecular flexibility index (Phi) is 5.50. The van der Waals surface area contributed by atoms with E-state index in [0.29, 0.717) is 5.33 Å². The Balaban J connectivity index is 3.54. The van der Waals surface area contributed by atoms with Crippen molar-refractivity contribution in [2.75, 3.05) is 5.33 Å². The molecule has 0 N–H and O–H groups in total. The van der Waals surface area contributed by atoms with Gasteiger partial charge in [0.25, 0.3) is 0 Å². The molecule has 0 fully saturated rings. The number of rotatable bonds is 4. The minimum Gasteiger partial charge on any atom is -0.281 e. The summed E-state index contributed by atoms with van der Waals surface area (Å²) < 4.78 is 0. The number of hydrogen-bond acceptors (Lipinski definition) is 1. The Hall–Kier alpha value is 0.440. The molecule has 0 spiro atoms. The molecule has 0 aromatic heterocycles. The summed E-state index contributed by atoms with van der Waals surface area (Å²) >= 11 is 8.47. The van der Waals surface area contributed by atoms with E-state index in [1.807, 2.05) is 6.92 Å². The molecule has 0 aliphatic carbocycles. The Morgan fingerprint density at radius 1 is 1.78 bits per heavy atom. The van der Waals surface area contributed by atoms with Crippen LogP contribution in [-0.2, 0) is 4.79 Å². The molecule has 0 radical (unpaired) electrons. The lowest BCUT2D eigenvalue weighted by Crippen LogP contribution is -2.09. The van der Waals surface area contributed by atoms with E-state index in [9.17, 15) is 4.79 Å². The minimum atomic E-state index is -0.228. The van der Waals surface area contributed by atoms with Crippen molar-refractivity contribution >= 4 is 32.8 Å². The van der Waals surface area contributed by atoms with Gasteiger partial charge in [-0.25, -0.2) is 0 Å². The first-order chi connectivity index (χ1) is 4.22. The molecule has 0 saturated carbocycles. The van der Waals surface area contributed by atoms with Crippen molar-refractivity contribution in [1.82, 2.24) is 0 Å². The van der Waals surface area contributed by atoms with E-state index in [0.717, 1.165) is 12.8 Å². The van der Waals surface area contributed by atoms with Crippen LogP contribution in [0.1, 0.15) is 19.8 Å². The molecular weight excluding hydrogens is 203 g/mol. The highest BCUT2D eigenvalue weighted by Crippen LogP contribution is 2.12. The van der Waals surface area contributed by atoms with Gasteiger partial charge in [-0.3, -0.25) is 4.79 Å². The fraction of sp³-hybridized carbons (Fsp3) is 0.833. The quantitative estimate of drug-likeness (QED) is 0.518. The highest BCUT2D eigenvalue weighted by molar-refractivity contribution is 9.09. The average Bonchev–Trinajstić information content (AvgIpc) is 1.82. The summed E-state index contributed by atoms with van der Waals surface area (Å²) in [6.07, 6.45) is 1.89. The number of carbonyl (C=O) groups excluding carboxylic acids is 1. The topological polar surface area (TPSA) is 17.1 Å². The zero-order chi connectivity index (χ0) is 7.28. The number of carbonyl (C=O) groups is 1. The van der Waals surface area contributed by atoms with E-state index in [-0.39, 0.29) is 11.2 Å². The van der Waals surface area contributed by atoms with Crippen molar-refractivity contribution in [3.63, 3.8) is 0 Å². The second-order valence-electron chi connectivity index (χ2n) is 1.94. The molecule has 1 atom stereocenters. The number of alkyl halides is 1. The maximum absolute atomic E-state index is 10.5. The van der Waals surface area contributed by atoms with Gasteiger partial charge in [-0.1, -0.05) is 29.3 Å². The molecular formula is C6H10BrClO. The fourth-order valence-corrected chi connectivity index (χ4v) is 1.59. The van der Waals surface area contributed by atoms with Crippen LogP contribution in [0.15, 0.2) is 0 Å². The average molecular weight is 214 g/mol. The van der Waals surface area contributed by atoms with Gasteiger partial charge in [-0.05, 0) is 18.0 Å². The van der Waals surface area contributed by atoms with Crippen LogP contribution in [0.25, 0.3) is 0 Å². The smallest absolute Gasteiger partial charge is 0.225 e. The number of halogens is 2. The van der Waals surface area contributed by atoms with Gasteiger partial charge in [0.15, 0.2) is 0 Å². The van der Waals surface area contributed by atoms with E-state index in [4.69, 9.17) is 11.6 Å². The van der Waals surface area contributed by atoms with Crippen molar-refractivity contribution in [3.8, 4) is 0 Å². The normalized spacial score (nSPS) is 13.2. The van der Waals surface area contributed by atoms with Crippen molar-refractivity contribution in [2.45, 2.75) is 19.8 Å². The van der Waals surface area contributed by atoms with Crippen LogP contribution in [0.4, 0.5) is 0 Å². The van der Waals surface area contributed by atoms with Crippen LogP contribution in [0.3, 0.4) is 0 Å². The SMILES string of the molecule is CCCC(CBr)C(=O)Cl. The van der Waals surface area contributed by atoms with Gasteiger partial charge in [0.05, 0.1) is 0 Å². The summed E-state index contributed by atoms with van der Waals surface area (Å²) in [4.78, 5) is 10.5. The Labute approximate surface area is 68.9 Å². The van der Waals surface area contributed by atoms with E-state index < -0.39 is 0 Å². The first kappa shape index (κ1) is 9.44. The lowest BCUT2D eigenvalue weighted by Gasteiger charge is -2.04. The fourth-order valence-electron chi connectivity index (χ4n) is 0.600. The van der Waals surface area contributed by atoms with Crippen molar-refractivity contribution in [3.05, 3.63) is 0 Å². The third-order valence-corrected chi connectivity index (χ3v) is 2.23. The summed E-state index contributed by atoms with van der Waals surface area (Å²) in [5.74, 6) is 0.0108. The molecule has 0 bridgehead atoms. The molecule has 1 nitrogen and oxygen atoms in total. The van der Waals surface area contributed by atoms with Crippen LogP contribution < -0.4 is 0 Å². The first-order valence-electron chi connectivity index (χ1n) is 2.97. The largest absolute Gasteiger partial charge is 0.281 e. The molecule has 3 heteroatoms. The van der Waals surface area contributed by atoms with Crippen molar-refractivity contribution in [2.24, 2.45) is 5.92 Å². The highest BCUT2D eigenvalue weighted by atomic mass is 79.9. The van der Waals surface area contributed by atoms with Gasteiger partial charge >= 0.3 is 0 Å². The van der Waals surface area contributed by atoms with Crippen LogP contribution >= 0.6 is 27.5 Å². The molecule has 0 aromatic rings. The van der Waals surface area contributed by atoms with Gasteiger partial charge in [0, 0.05) is 11.2 Å². The summed E-state index contributed by atoms with van der Waals surface area (Å²) in [6.45, 7) is 2.04. The monoisotopic (exact) mass is 212 g/mol. The third kappa shape index (κ3) is 3.93. The van der Waals surface area contributed by atoms with E-state index in [1.165, 1.54) is 0 Å². The summed E-state index contributed by atoms with van der Waals surface area (Å²) in [5.41, 5.74) is 0. The summed E-state index contributed by atoms with van der Waals surface area (Å²) in [7, 11) is 0. The molecule has 1 unspecified atom stereocenters. The lowest BCUT2D eigenvalue weighted by atomic mass is 10.1. The van der Waals surface area contributed by atoms with E-state index >= 15 is 0 Å². The third-order valence-electron chi connectivity index (χ3n) is 1.14. The maximum atomic E-state index is 10.5. The Morgan fingerprint density at radius 2 is 2.33 bits per heavy atom. The molecule has 0 rings (SSSR count). The highest BCUT2D eigenvalue weighted by Gasteiger charge is 2.12. The Morgan fingerprint density at radius 3 is 2.44 bits per heavy atom. The molecule has 0 heterocycles. The van der Waals surface area contributed by atoms with Crippen molar-refractivity contribution < 1.29 is 4.79 Å². The molecule has 0 aliphatic rings. The van der Waals surface area contributed by atoms with Crippen LogP contribution in [0, 0.1) is 5.92 Å².